The number of imide groups is 1. The highest BCUT2D eigenvalue weighted by Crippen LogP contribution is 2.30. The first-order valence-electron chi connectivity index (χ1n) is 9.87. The van der Waals surface area contributed by atoms with Crippen molar-refractivity contribution < 1.29 is 28.0 Å². The number of anilines is 1. The third-order valence-electron chi connectivity index (χ3n) is 5.71. The van der Waals surface area contributed by atoms with Crippen molar-refractivity contribution >= 4 is 40.2 Å². The van der Waals surface area contributed by atoms with Crippen LogP contribution in [0, 0.1) is 11.6 Å². The van der Waals surface area contributed by atoms with E-state index in [1.54, 1.807) is 6.07 Å². The molecule has 2 aliphatic heterocycles. The maximum absolute atomic E-state index is 14.6. The lowest BCUT2D eigenvalue weighted by molar-refractivity contribution is -0.136. The molecule has 0 aliphatic carbocycles. The molecule has 1 aromatic heterocycles. The first-order valence-corrected chi connectivity index (χ1v) is 9.87. The third-order valence-corrected chi connectivity index (χ3v) is 5.71. The molecule has 1 saturated heterocycles. The van der Waals surface area contributed by atoms with Gasteiger partial charge in [-0.25, -0.2) is 8.78 Å². The van der Waals surface area contributed by atoms with Crippen molar-refractivity contribution in [2.24, 2.45) is 0 Å². The van der Waals surface area contributed by atoms with Crippen LogP contribution in [0.25, 0.3) is 10.9 Å². The second-order valence-electron chi connectivity index (χ2n) is 7.73. The smallest absolute Gasteiger partial charge is 0.275 e. The van der Waals surface area contributed by atoms with E-state index in [1.807, 2.05) is 0 Å². The number of amides is 4. The first kappa shape index (κ1) is 19.9. The predicted molar refractivity (Wildman–Crippen MR) is 109 cm³/mol. The van der Waals surface area contributed by atoms with Crippen LogP contribution in [-0.4, -0.2) is 39.6 Å². The van der Waals surface area contributed by atoms with Gasteiger partial charge in [-0.15, -0.1) is 0 Å². The van der Waals surface area contributed by atoms with E-state index < -0.39 is 29.5 Å². The fourth-order valence-corrected chi connectivity index (χ4v) is 4.13. The fourth-order valence-electron chi connectivity index (χ4n) is 4.13. The number of hydrogen-bond donors (Lipinski definition) is 3. The highest BCUT2D eigenvalue weighted by Gasteiger charge is 2.39. The molecule has 8 nitrogen and oxygen atoms in total. The number of fused-ring (bicyclic) bond motifs is 2. The summed E-state index contributed by atoms with van der Waals surface area (Å²) in [6, 6.07) is 7.37. The molecular weight excluding hydrogens is 422 g/mol. The van der Waals surface area contributed by atoms with E-state index in [4.69, 9.17) is 0 Å². The van der Waals surface area contributed by atoms with Crippen LogP contribution in [0.3, 0.4) is 0 Å². The van der Waals surface area contributed by atoms with Gasteiger partial charge in [0.1, 0.15) is 17.6 Å². The number of nitrogens with zero attached hydrogens (tertiary/aromatic N) is 1. The van der Waals surface area contributed by atoms with Crippen molar-refractivity contribution in [3.63, 3.8) is 0 Å². The molecule has 0 spiro atoms. The highest BCUT2D eigenvalue weighted by atomic mass is 19.1. The number of H-pyrrole nitrogens is 1. The minimum atomic E-state index is -0.864. The molecule has 3 heterocycles. The van der Waals surface area contributed by atoms with Gasteiger partial charge in [0, 0.05) is 35.1 Å². The van der Waals surface area contributed by atoms with Gasteiger partial charge in [0.15, 0.2) is 5.82 Å². The molecule has 0 saturated carbocycles. The fraction of sp³-hybridized carbons (Fsp3) is 0.182. The zero-order valence-corrected chi connectivity index (χ0v) is 16.5. The normalized spacial score (nSPS) is 18.1. The van der Waals surface area contributed by atoms with Crippen LogP contribution in [-0.2, 0) is 16.1 Å². The van der Waals surface area contributed by atoms with Gasteiger partial charge in [0.05, 0.1) is 0 Å². The highest BCUT2D eigenvalue weighted by molar-refractivity contribution is 6.08. The molecular formula is C22H16F2N4O4. The van der Waals surface area contributed by atoms with Crippen LogP contribution in [0.1, 0.15) is 39.3 Å². The van der Waals surface area contributed by atoms with Gasteiger partial charge in [0.2, 0.25) is 11.8 Å². The summed E-state index contributed by atoms with van der Waals surface area (Å²) in [5, 5.41) is 4.78. The van der Waals surface area contributed by atoms with E-state index in [0.29, 0.717) is 16.8 Å². The molecule has 3 N–H and O–H groups in total. The Balaban J connectivity index is 1.36. The molecule has 3 aromatic rings. The summed E-state index contributed by atoms with van der Waals surface area (Å²) in [5.41, 5.74) is 1.26. The second kappa shape index (κ2) is 7.26. The van der Waals surface area contributed by atoms with E-state index in [2.05, 4.69) is 15.6 Å². The Labute approximate surface area is 179 Å². The Morgan fingerprint density at radius 1 is 1.09 bits per heavy atom. The van der Waals surface area contributed by atoms with E-state index in [0.717, 1.165) is 12.1 Å². The summed E-state index contributed by atoms with van der Waals surface area (Å²) in [5.74, 6) is -3.46. The van der Waals surface area contributed by atoms with Crippen molar-refractivity contribution in [1.82, 2.24) is 15.2 Å². The second-order valence-corrected chi connectivity index (χ2v) is 7.73. The van der Waals surface area contributed by atoms with Crippen LogP contribution < -0.4 is 10.6 Å². The molecule has 10 heteroatoms. The SMILES string of the molecule is O=C1CCC(N2Cc3cc(NC(=O)c4[nH]c5ccc(F)cc5c4F)ccc3C2=O)C(=O)N1. The zero-order valence-electron chi connectivity index (χ0n) is 16.5. The van der Waals surface area contributed by atoms with E-state index in [-0.39, 0.29) is 47.8 Å². The van der Waals surface area contributed by atoms with Crippen molar-refractivity contribution in [1.29, 1.82) is 0 Å². The number of carbonyl (C=O) groups excluding carboxylic acids is 4. The average Bonchev–Trinajstić information content (AvgIpc) is 3.25. The Morgan fingerprint density at radius 2 is 1.91 bits per heavy atom. The molecule has 0 radical (unpaired) electrons. The van der Waals surface area contributed by atoms with Crippen LogP contribution >= 0.6 is 0 Å². The van der Waals surface area contributed by atoms with Crippen LogP contribution in [0.4, 0.5) is 14.5 Å². The first-order chi connectivity index (χ1) is 15.3. The Kier molecular flexibility index (Phi) is 4.50. The summed E-state index contributed by atoms with van der Waals surface area (Å²) in [6.45, 7) is 0.143. The largest absolute Gasteiger partial charge is 0.348 e. The van der Waals surface area contributed by atoms with Crippen molar-refractivity contribution in [3.05, 3.63) is 64.9 Å². The lowest BCUT2D eigenvalue weighted by Gasteiger charge is -2.29. The van der Waals surface area contributed by atoms with Gasteiger partial charge in [-0.3, -0.25) is 24.5 Å². The number of halogens is 2. The maximum Gasteiger partial charge on any atom is 0.275 e. The number of nitrogens with one attached hydrogen (secondary N) is 3. The molecule has 0 bridgehead atoms. The van der Waals surface area contributed by atoms with Gasteiger partial charge >= 0.3 is 0 Å². The summed E-state index contributed by atoms with van der Waals surface area (Å²) < 4.78 is 28.0. The quantitative estimate of drug-likeness (QED) is 0.546. The van der Waals surface area contributed by atoms with Crippen molar-refractivity contribution in [3.8, 4) is 0 Å². The van der Waals surface area contributed by atoms with Gasteiger partial charge in [0.25, 0.3) is 11.8 Å². The van der Waals surface area contributed by atoms with E-state index in [1.165, 1.54) is 23.1 Å². The van der Waals surface area contributed by atoms with E-state index in [9.17, 15) is 28.0 Å². The standard InChI is InChI=1S/C22H16F2N4O4/c23-11-1-4-15-14(8-11)18(24)19(26-15)21(31)25-12-2-3-13-10(7-12)9-28(22(13)32)16-5-6-17(29)27-20(16)30/h1-4,7-8,16,26H,5-6,9H2,(H,25,31)(H,27,29,30). The van der Waals surface area contributed by atoms with Crippen LogP contribution in [0.5, 0.6) is 0 Å². The topological polar surface area (TPSA) is 111 Å². The van der Waals surface area contributed by atoms with Gasteiger partial charge in [-0.2, -0.15) is 0 Å². The third kappa shape index (κ3) is 3.20. The van der Waals surface area contributed by atoms with Crippen LogP contribution in [0.2, 0.25) is 0 Å². The number of aromatic nitrogens is 1. The van der Waals surface area contributed by atoms with E-state index >= 15 is 0 Å². The molecule has 1 unspecified atom stereocenters. The molecule has 162 valence electrons. The molecule has 4 amide bonds. The number of hydrogen-bond acceptors (Lipinski definition) is 4. The predicted octanol–water partition coefficient (Wildman–Crippen LogP) is 2.46. The van der Waals surface area contributed by atoms with Gasteiger partial charge in [-0.1, -0.05) is 0 Å². The van der Waals surface area contributed by atoms with Crippen molar-refractivity contribution in [2.75, 3.05) is 5.32 Å². The molecule has 2 aromatic carbocycles. The summed E-state index contributed by atoms with van der Waals surface area (Å²) in [6.07, 6.45) is 0.395. The number of rotatable bonds is 3. The molecule has 5 rings (SSSR count). The molecule has 1 atom stereocenters. The number of benzene rings is 2. The molecule has 1 fully saturated rings. The summed E-state index contributed by atoms with van der Waals surface area (Å²) in [7, 11) is 0. The Bertz CT molecular complexity index is 1330. The summed E-state index contributed by atoms with van der Waals surface area (Å²) in [4.78, 5) is 52.9. The minimum Gasteiger partial charge on any atom is -0.348 e. The zero-order chi connectivity index (χ0) is 22.6. The average molecular weight is 438 g/mol. The Morgan fingerprint density at radius 3 is 2.69 bits per heavy atom. The number of piperidine rings is 1. The molecule has 2 aliphatic rings. The molecule has 32 heavy (non-hydrogen) atoms. The Hall–Kier alpha value is -4.08. The lowest BCUT2D eigenvalue weighted by atomic mass is 10.0. The minimum absolute atomic E-state index is 0.0328. The van der Waals surface area contributed by atoms with Crippen LogP contribution in [0.15, 0.2) is 36.4 Å². The summed E-state index contributed by atoms with van der Waals surface area (Å²) >= 11 is 0. The monoisotopic (exact) mass is 438 g/mol. The maximum atomic E-state index is 14.6. The number of carbonyl (C=O) groups is 4. The van der Waals surface area contributed by atoms with Gasteiger partial charge < -0.3 is 15.2 Å². The van der Waals surface area contributed by atoms with Gasteiger partial charge in [-0.05, 0) is 48.4 Å². The lowest BCUT2D eigenvalue weighted by Crippen LogP contribution is -2.52. The number of aromatic amines is 1. The van der Waals surface area contributed by atoms with Crippen molar-refractivity contribution in [2.45, 2.75) is 25.4 Å².